The number of nitrogens with zero attached hydrogens (tertiary/aromatic N) is 1. The Morgan fingerprint density at radius 1 is 1.22 bits per heavy atom. The van der Waals surface area contributed by atoms with Crippen molar-refractivity contribution >= 4 is 27.2 Å². The van der Waals surface area contributed by atoms with Gasteiger partial charge in [0.1, 0.15) is 0 Å². The van der Waals surface area contributed by atoms with Crippen molar-refractivity contribution in [3.8, 4) is 0 Å². The molecule has 0 aromatic carbocycles. The Bertz CT molecular complexity index is 398. The van der Waals surface area contributed by atoms with Crippen molar-refractivity contribution in [3.63, 3.8) is 0 Å². The lowest BCUT2D eigenvalue weighted by Gasteiger charge is -2.27. The summed E-state index contributed by atoms with van der Waals surface area (Å²) >= 11 is 4.90. The second kappa shape index (κ2) is 5.84. The molecule has 0 amide bonds. The van der Waals surface area contributed by atoms with E-state index in [1.54, 1.807) is 4.31 Å². The first-order chi connectivity index (χ1) is 8.49. The van der Waals surface area contributed by atoms with Crippen LogP contribution in [-0.4, -0.2) is 36.1 Å². The van der Waals surface area contributed by atoms with E-state index >= 15 is 0 Å². The zero-order chi connectivity index (χ0) is 13.2. The molecule has 104 valence electrons. The fraction of sp³-hybridized carbons (Fsp3) is 0.917. The van der Waals surface area contributed by atoms with Gasteiger partial charge in [-0.25, -0.2) is 8.42 Å². The van der Waals surface area contributed by atoms with Crippen molar-refractivity contribution in [1.29, 1.82) is 0 Å². The van der Waals surface area contributed by atoms with Gasteiger partial charge in [0.05, 0.1) is 17.3 Å². The number of hydrogen-bond acceptors (Lipinski definition) is 3. The van der Waals surface area contributed by atoms with E-state index in [0.717, 1.165) is 32.1 Å². The van der Waals surface area contributed by atoms with E-state index in [1.165, 1.54) is 12.8 Å². The Balaban J connectivity index is 2.02. The molecule has 0 bridgehead atoms. The predicted molar refractivity (Wildman–Crippen MR) is 76.9 cm³/mol. The lowest BCUT2D eigenvalue weighted by atomic mass is 10.2. The Morgan fingerprint density at radius 3 is 2.33 bits per heavy atom. The first-order valence-corrected chi connectivity index (χ1v) is 8.78. The summed E-state index contributed by atoms with van der Waals surface area (Å²) in [5, 5.41) is 0. The van der Waals surface area contributed by atoms with E-state index < -0.39 is 10.0 Å². The van der Waals surface area contributed by atoms with E-state index in [-0.39, 0.29) is 23.3 Å². The molecular weight excluding hydrogens is 268 g/mol. The van der Waals surface area contributed by atoms with Crippen LogP contribution in [0.3, 0.4) is 0 Å². The van der Waals surface area contributed by atoms with E-state index in [2.05, 4.69) is 0 Å². The molecule has 0 aromatic rings. The summed E-state index contributed by atoms with van der Waals surface area (Å²) in [5.74, 6) is 0.895. The number of thiocarbonyl (C=S) groups is 1. The van der Waals surface area contributed by atoms with Crippen LogP contribution in [0.4, 0.5) is 0 Å². The van der Waals surface area contributed by atoms with Crippen molar-refractivity contribution in [3.05, 3.63) is 0 Å². The molecule has 2 N–H and O–H groups in total. The highest BCUT2D eigenvalue weighted by molar-refractivity contribution is 7.89. The fourth-order valence-electron chi connectivity index (χ4n) is 2.64. The van der Waals surface area contributed by atoms with Crippen LogP contribution in [0.2, 0.25) is 0 Å². The highest BCUT2D eigenvalue weighted by atomic mass is 32.2. The monoisotopic (exact) mass is 290 g/mol. The molecule has 0 unspecified atom stereocenters. The molecule has 2 rings (SSSR count). The molecular formula is C12H22N2O2S2. The first kappa shape index (κ1) is 14.2. The molecule has 2 aliphatic rings. The molecule has 2 fully saturated rings. The van der Waals surface area contributed by atoms with E-state index in [4.69, 9.17) is 18.0 Å². The summed E-state index contributed by atoms with van der Waals surface area (Å²) in [5.41, 5.74) is 5.55. The van der Waals surface area contributed by atoms with Crippen molar-refractivity contribution in [1.82, 2.24) is 4.31 Å². The molecule has 0 aromatic heterocycles. The summed E-state index contributed by atoms with van der Waals surface area (Å²) in [6, 6.07) is 0.121. The minimum Gasteiger partial charge on any atom is -0.392 e. The van der Waals surface area contributed by atoms with Crippen molar-refractivity contribution in [2.75, 3.05) is 12.3 Å². The second-order valence-corrected chi connectivity index (χ2v) is 8.06. The molecule has 0 radical (unpaired) electrons. The highest BCUT2D eigenvalue weighted by Gasteiger charge is 2.33. The third-order valence-corrected chi connectivity index (χ3v) is 5.90. The van der Waals surface area contributed by atoms with Gasteiger partial charge in [0, 0.05) is 6.04 Å². The van der Waals surface area contributed by atoms with Crippen LogP contribution in [0.1, 0.15) is 44.9 Å². The molecule has 2 saturated carbocycles. The van der Waals surface area contributed by atoms with E-state index in [1.807, 2.05) is 0 Å². The molecule has 0 spiro atoms. The van der Waals surface area contributed by atoms with Crippen molar-refractivity contribution < 1.29 is 8.42 Å². The first-order valence-electron chi connectivity index (χ1n) is 6.77. The normalized spacial score (nSPS) is 21.6. The van der Waals surface area contributed by atoms with Gasteiger partial charge < -0.3 is 5.73 Å². The summed E-state index contributed by atoms with van der Waals surface area (Å²) in [6.45, 7) is 0.215. The summed E-state index contributed by atoms with van der Waals surface area (Å²) in [4.78, 5) is 0.275. The van der Waals surface area contributed by atoms with Crippen molar-refractivity contribution in [2.24, 2.45) is 11.7 Å². The van der Waals surface area contributed by atoms with Crippen LogP contribution >= 0.6 is 12.2 Å². The van der Waals surface area contributed by atoms with Crippen LogP contribution in [-0.2, 0) is 10.0 Å². The smallest absolute Gasteiger partial charge is 0.214 e. The third kappa shape index (κ3) is 3.90. The van der Waals surface area contributed by atoms with Gasteiger partial charge in [-0.05, 0) is 25.2 Å². The standard InChI is InChI=1S/C12H22N2O2S2/c13-12(17)9-14(11-3-1-2-4-11)18(15,16)8-7-10-5-6-10/h10-11H,1-9H2,(H2,13,17). The van der Waals surface area contributed by atoms with Gasteiger partial charge in [-0.3, -0.25) is 0 Å². The number of hydrogen-bond donors (Lipinski definition) is 1. The number of rotatable bonds is 7. The predicted octanol–water partition coefficient (Wildman–Crippen LogP) is 1.65. The molecule has 4 nitrogen and oxygen atoms in total. The maximum absolute atomic E-state index is 12.4. The Morgan fingerprint density at radius 2 is 1.83 bits per heavy atom. The largest absolute Gasteiger partial charge is 0.392 e. The average molecular weight is 290 g/mol. The molecule has 0 saturated heterocycles. The zero-order valence-corrected chi connectivity index (χ0v) is 12.3. The average Bonchev–Trinajstić information content (AvgIpc) is 2.97. The van der Waals surface area contributed by atoms with Gasteiger partial charge in [-0.15, -0.1) is 0 Å². The summed E-state index contributed by atoms with van der Waals surface area (Å²) < 4.78 is 26.4. The van der Waals surface area contributed by atoms with Crippen LogP contribution in [0.15, 0.2) is 0 Å². The molecule has 18 heavy (non-hydrogen) atoms. The zero-order valence-electron chi connectivity index (χ0n) is 10.7. The molecule has 0 heterocycles. The fourth-order valence-corrected chi connectivity index (χ4v) is 4.73. The van der Waals surface area contributed by atoms with Crippen molar-refractivity contribution in [2.45, 2.75) is 51.0 Å². The molecule has 2 aliphatic carbocycles. The summed E-state index contributed by atoms with van der Waals surface area (Å²) in [6.07, 6.45) is 7.29. The van der Waals surface area contributed by atoms with Gasteiger partial charge in [0.15, 0.2) is 0 Å². The second-order valence-electron chi connectivity index (χ2n) is 5.50. The molecule has 0 atom stereocenters. The Labute approximate surface area is 115 Å². The van der Waals surface area contributed by atoms with Gasteiger partial charge in [-0.1, -0.05) is 37.9 Å². The SMILES string of the molecule is NC(=S)CN(C1CCCC1)S(=O)(=O)CCC1CC1. The highest BCUT2D eigenvalue weighted by Crippen LogP contribution is 2.33. The maximum Gasteiger partial charge on any atom is 0.214 e. The van der Waals surface area contributed by atoms with E-state index in [0.29, 0.717) is 5.92 Å². The lowest BCUT2D eigenvalue weighted by molar-refractivity contribution is 0.354. The van der Waals surface area contributed by atoms with Gasteiger partial charge in [0.2, 0.25) is 10.0 Å². The molecule has 0 aliphatic heterocycles. The van der Waals surface area contributed by atoms with Gasteiger partial charge in [0.25, 0.3) is 0 Å². The van der Waals surface area contributed by atoms with Gasteiger partial charge >= 0.3 is 0 Å². The van der Waals surface area contributed by atoms with Gasteiger partial charge in [-0.2, -0.15) is 4.31 Å². The van der Waals surface area contributed by atoms with Crippen LogP contribution in [0.5, 0.6) is 0 Å². The lowest BCUT2D eigenvalue weighted by Crippen LogP contribution is -2.44. The minimum atomic E-state index is -3.19. The maximum atomic E-state index is 12.4. The Hall–Kier alpha value is -0.200. The van der Waals surface area contributed by atoms with E-state index in [9.17, 15) is 8.42 Å². The molecule has 6 heteroatoms. The summed E-state index contributed by atoms with van der Waals surface area (Å²) in [7, 11) is -3.19. The van der Waals surface area contributed by atoms with Crippen LogP contribution < -0.4 is 5.73 Å². The Kier molecular flexibility index (Phi) is 4.61. The van der Waals surface area contributed by atoms with Crippen LogP contribution in [0.25, 0.3) is 0 Å². The number of sulfonamides is 1. The number of nitrogens with two attached hydrogens (primary N) is 1. The third-order valence-electron chi connectivity index (χ3n) is 3.88. The quantitative estimate of drug-likeness (QED) is 0.724. The topological polar surface area (TPSA) is 63.4 Å². The minimum absolute atomic E-state index is 0.121. The van der Waals surface area contributed by atoms with Crippen LogP contribution in [0, 0.1) is 5.92 Å².